The second kappa shape index (κ2) is 12.1. The van der Waals surface area contributed by atoms with Crippen LogP contribution in [0, 0.1) is 0 Å². The van der Waals surface area contributed by atoms with Gasteiger partial charge in [0, 0.05) is 31.0 Å². The number of nitrogens with one attached hydrogen (secondary N) is 1. The number of hydrogen-bond acceptors (Lipinski definition) is 8. The predicted molar refractivity (Wildman–Crippen MR) is 137 cm³/mol. The van der Waals surface area contributed by atoms with E-state index in [4.69, 9.17) is 14.2 Å². The Bertz CT molecular complexity index is 1230. The molecule has 37 heavy (non-hydrogen) atoms. The standard InChI is InChI=1S/C27H30N4O6/c1-3-36-22-11-4-5-12-23(22)37-20-9-7-13-31(17-20)27-29-15-19(16-30-27)25(32)28-14-18-8-6-10-21(26(33)34)24(18)35-2/h4-6,8,10-12,15-16,20H,3,7,9,13-14,17H2,1-2H3,(H,28,32)(H,33,34). The van der Waals surface area contributed by atoms with Crippen molar-refractivity contribution in [1.82, 2.24) is 15.3 Å². The fourth-order valence-corrected chi connectivity index (χ4v) is 4.23. The summed E-state index contributed by atoms with van der Waals surface area (Å²) in [7, 11) is 1.40. The molecule has 1 atom stereocenters. The number of anilines is 1. The van der Waals surface area contributed by atoms with Gasteiger partial charge in [0.2, 0.25) is 5.95 Å². The number of ether oxygens (including phenoxy) is 3. The number of amides is 1. The molecule has 0 bridgehead atoms. The molecule has 1 aliphatic heterocycles. The predicted octanol–water partition coefficient (Wildman–Crippen LogP) is 3.56. The number of hydrogen-bond donors (Lipinski definition) is 2. The molecule has 1 aromatic heterocycles. The Morgan fingerprint density at radius 3 is 2.57 bits per heavy atom. The number of carbonyl (C=O) groups is 2. The molecule has 0 spiro atoms. The highest BCUT2D eigenvalue weighted by atomic mass is 16.5. The van der Waals surface area contributed by atoms with E-state index in [1.165, 1.54) is 25.6 Å². The van der Waals surface area contributed by atoms with Crippen molar-refractivity contribution in [2.24, 2.45) is 0 Å². The van der Waals surface area contributed by atoms with Crippen molar-refractivity contribution in [1.29, 1.82) is 0 Å². The monoisotopic (exact) mass is 506 g/mol. The van der Waals surface area contributed by atoms with Crippen LogP contribution < -0.4 is 24.4 Å². The van der Waals surface area contributed by atoms with E-state index >= 15 is 0 Å². The van der Waals surface area contributed by atoms with Gasteiger partial charge in [0.15, 0.2) is 11.5 Å². The van der Waals surface area contributed by atoms with Gasteiger partial charge in [0.05, 0.1) is 25.8 Å². The van der Waals surface area contributed by atoms with Crippen molar-refractivity contribution in [2.75, 3.05) is 31.7 Å². The Hall–Kier alpha value is -4.34. The van der Waals surface area contributed by atoms with Crippen LogP contribution in [0.15, 0.2) is 54.9 Å². The van der Waals surface area contributed by atoms with E-state index in [0.717, 1.165) is 30.9 Å². The third kappa shape index (κ3) is 6.27. The molecule has 1 unspecified atom stereocenters. The zero-order valence-corrected chi connectivity index (χ0v) is 20.8. The second-order valence-corrected chi connectivity index (χ2v) is 8.47. The smallest absolute Gasteiger partial charge is 0.339 e. The van der Waals surface area contributed by atoms with Gasteiger partial charge in [0.1, 0.15) is 17.4 Å². The first kappa shape index (κ1) is 25.7. The van der Waals surface area contributed by atoms with Crippen LogP contribution in [0.25, 0.3) is 0 Å². The molecule has 0 radical (unpaired) electrons. The van der Waals surface area contributed by atoms with Gasteiger partial charge in [-0.15, -0.1) is 0 Å². The average Bonchev–Trinajstić information content (AvgIpc) is 2.93. The molecular weight excluding hydrogens is 476 g/mol. The third-order valence-corrected chi connectivity index (χ3v) is 5.97. The fourth-order valence-electron chi connectivity index (χ4n) is 4.23. The zero-order chi connectivity index (χ0) is 26.2. The van der Waals surface area contributed by atoms with Gasteiger partial charge >= 0.3 is 5.97 Å². The van der Waals surface area contributed by atoms with Crippen molar-refractivity contribution in [3.63, 3.8) is 0 Å². The maximum absolute atomic E-state index is 12.7. The van der Waals surface area contributed by atoms with E-state index in [-0.39, 0.29) is 29.9 Å². The van der Waals surface area contributed by atoms with Crippen molar-refractivity contribution >= 4 is 17.8 Å². The van der Waals surface area contributed by atoms with Crippen molar-refractivity contribution in [3.8, 4) is 17.2 Å². The largest absolute Gasteiger partial charge is 0.495 e. The third-order valence-electron chi connectivity index (χ3n) is 5.97. The summed E-state index contributed by atoms with van der Waals surface area (Å²) in [6.45, 7) is 4.00. The fraction of sp³-hybridized carbons (Fsp3) is 0.333. The van der Waals surface area contributed by atoms with Gasteiger partial charge in [-0.05, 0) is 38.0 Å². The van der Waals surface area contributed by atoms with Crippen LogP contribution in [-0.2, 0) is 6.54 Å². The summed E-state index contributed by atoms with van der Waals surface area (Å²) in [5.41, 5.74) is 0.887. The number of carboxylic acid groups (broad SMARTS) is 1. The Labute approximate surface area is 215 Å². The lowest BCUT2D eigenvalue weighted by atomic mass is 10.1. The first-order valence-electron chi connectivity index (χ1n) is 12.1. The molecule has 1 fully saturated rings. The molecule has 2 N–H and O–H groups in total. The molecule has 0 aliphatic carbocycles. The van der Waals surface area contributed by atoms with Crippen LogP contribution in [-0.4, -0.2) is 59.9 Å². The zero-order valence-electron chi connectivity index (χ0n) is 20.8. The molecule has 2 aromatic carbocycles. The molecule has 194 valence electrons. The quantitative estimate of drug-likeness (QED) is 0.425. The molecule has 0 saturated carbocycles. The maximum Gasteiger partial charge on any atom is 0.339 e. The Kier molecular flexibility index (Phi) is 8.40. The maximum atomic E-state index is 12.7. The van der Waals surface area contributed by atoms with Crippen LogP contribution in [0.1, 0.15) is 46.0 Å². The molecule has 10 nitrogen and oxygen atoms in total. The van der Waals surface area contributed by atoms with E-state index in [1.807, 2.05) is 36.1 Å². The highest BCUT2D eigenvalue weighted by Gasteiger charge is 2.24. The Morgan fingerprint density at radius 1 is 1.11 bits per heavy atom. The first-order valence-corrected chi connectivity index (χ1v) is 12.1. The molecular formula is C27H30N4O6. The number of rotatable bonds is 10. The number of aromatic nitrogens is 2. The minimum atomic E-state index is -1.10. The second-order valence-electron chi connectivity index (χ2n) is 8.47. The summed E-state index contributed by atoms with van der Waals surface area (Å²) < 4.78 is 17.1. The summed E-state index contributed by atoms with van der Waals surface area (Å²) in [5, 5.41) is 12.1. The van der Waals surface area contributed by atoms with E-state index < -0.39 is 5.97 Å². The number of methoxy groups -OCH3 is 1. The molecule has 1 aliphatic rings. The van der Waals surface area contributed by atoms with Crippen molar-refractivity contribution in [2.45, 2.75) is 32.4 Å². The molecule has 1 amide bonds. The number of piperidine rings is 1. The van der Waals surface area contributed by atoms with Crippen LogP contribution >= 0.6 is 0 Å². The van der Waals surface area contributed by atoms with Crippen molar-refractivity contribution < 1.29 is 28.9 Å². The van der Waals surface area contributed by atoms with Crippen LogP contribution in [0.3, 0.4) is 0 Å². The first-order chi connectivity index (χ1) is 18.0. The summed E-state index contributed by atoms with van der Waals surface area (Å²) in [6, 6.07) is 12.4. The molecule has 4 rings (SSSR count). The topological polar surface area (TPSA) is 123 Å². The van der Waals surface area contributed by atoms with Gasteiger partial charge < -0.3 is 29.5 Å². The highest BCUT2D eigenvalue weighted by Crippen LogP contribution is 2.29. The molecule has 1 saturated heterocycles. The van der Waals surface area contributed by atoms with Gasteiger partial charge in [-0.2, -0.15) is 0 Å². The number of aromatic carboxylic acids is 1. The van der Waals surface area contributed by atoms with E-state index in [9.17, 15) is 14.7 Å². The number of benzene rings is 2. The van der Waals surface area contributed by atoms with Gasteiger partial charge in [0.25, 0.3) is 5.91 Å². The minimum absolute atomic E-state index is 0.0344. The summed E-state index contributed by atoms with van der Waals surface area (Å²) in [6.07, 6.45) is 4.75. The average molecular weight is 507 g/mol. The van der Waals surface area contributed by atoms with Crippen LogP contribution in [0.4, 0.5) is 5.95 Å². The number of nitrogens with zero attached hydrogens (tertiary/aromatic N) is 3. The van der Waals surface area contributed by atoms with E-state index in [0.29, 0.717) is 30.2 Å². The molecule has 10 heteroatoms. The Morgan fingerprint density at radius 2 is 1.86 bits per heavy atom. The lowest BCUT2D eigenvalue weighted by Crippen LogP contribution is -2.42. The van der Waals surface area contributed by atoms with Crippen molar-refractivity contribution in [3.05, 3.63) is 71.5 Å². The van der Waals surface area contributed by atoms with Crippen LogP contribution in [0.2, 0.25) is 0 Å². The SMILES string of the molecule is CCOc1ccccc1OC1CCCN(c2ncc(C(=O)NCc3cccc(C(=O)O)c3OC)cn2)C1. The van der Waals surface area contributed by atoms with Gasteiger partial charge in [-0.3, -0.25) is 4.79 Å². The summed E-state index contributed by atoms with van der Waals surface area (Å²) in [4.78, 5) is 34.9. The normalized spacial score (nSPS) is 15.1. The molecule has 3 aromatic rings. The van der Waals surface area contributed by atoms with Gasteiger partial charge in [-0.25, -0.2) is 14.8 Å². The summed E-state index contributed by atoms with van der Waals surface area (Å²) >= 11 is 0. The number of carboxylic acids is 1. The van der Waals surface area contributed by atoms with E-state index in [1.54, 1.807) is 12.1 Å². The lowest BCUT2D eigenvalue weighted by Gasteiger charge is -2.33. The Balaban J connectivity index is 1.37. The highest BCUT2D eigenvalue weighted by molar-refractivity contribution is 5.94. The number of carbonyl (C=O) groups excluding carboxylic acids is 1. The van der Waals surface area contributed by atoms with Gasteiger partial charge in [-0.1, -0.05) is 24.3 Å². The molecule has 2 heterocycles. The summed E-state index contributed by atoms with van der Waals surface area (Å²) in [5.74, 6) is 0.710. The lowest BCUT2D eigenvalue weighted by molar-refractivity contribution is 0.0693. The minimum Gasteiger partial charge on any atom is -0.495 e. The van der Waals surface area contributed by atoms with E-state index in [2.05, 4.69) is 15.3 Å². The van der Waals surface area contributed by atoms with Crippen LogP contribution in [0.5, 0.6) is 17.2 Å². The number of para-hydroxylation sites is 3.